The topological polar surface area (TPSA) is 74.5 Å². The van der Waals surface area contributed by atoms with Crippen LogP contribution in [0, 0.1) is 5.82 Å². The van der Waals surface area contributed by atoms with Gasteiger partial charge in [0.2, 0.25) is 5.89 Å². The second kappa shape index (κ2) is 7.57. The maximum atomic E-state index is 12.8. The van der Waals surface area contributed by atoms with Crippen molar-refractivity contribution in [1.82, 2.24) is 10.2 Å². The van der Waals surface area contributed by atoms with Gasteiger partial charge in [-0.1, -0.05) is 18.2 Å². The predicted molar refractivity (Wildman–Crippen MR) is 86.0 cm³/mol. The lowest BCUT2D eigenvalue weighted by atomic mass is 10.2. The van der Waals surface area contributed by atoms with Crippen molar-refractivity contribution in [2.24, 2.45) is 0 Å². The van der Waals surface area contributed by atoms with Gasteiger partial charge in [-0.3, -0.25) is 0 Å². The Balaban J connectivity index is 1.53. The molecular formula is C18H15FN2O4. The van der Waals surface area contributed by atoms with Gasteiger partial charge >= 0.3 is 5.97 Å². The van der Waals surface area contributed by atoms with E-state index >= 15 is 0 Å². The number of aromatic nitrogens is 2. The number of rotatable bonds is 6. The highest BCUT2D eigenvalue weighted by molar-refractivity contribution is 5.74. The first-order valence-corrected chi connectivity index (χ1v) is 7.58. The third-order valence-corrected chi connectivity index (χ3v) is 3.28. The van der Waals surface area contributed by atoms with E-state index in [4.69, 9.17) is 13.9 Å². The summed E-state index contributed by atoms with van der Waals surface area (Å²) in [5.74, 6) is -0.0737. The summed E-state index contributed by atoms with van der Waals surface area (Å²) in [6, 6.07) is 14.6. The van der Waals surface area contributed by atoms with Gasteiger partial charge in [-0.2, -0.15) is 0 Å². The summed E-state index contributed by atoms with van der Waals surface area (Å²) >= 11 is 0. The molecule has 0 saturated heterocycles. The van der Waals surface area contributed by atoms with E-state index in [-0.39, 0.29) is 18.3 Å². The fourth-order valence-electron chi connectivity index (χ4n) is 2.02. The molecule has 0 amide bonds. The van der Waals surface area contributed by atoms with Gasteiger partial charge < -0.3 is 13.9 Å². The molecule has 0 unspecified atom stereocenters. The van der Waals surface area contributed by atoms with Gasteiger partial charge in [-0.25, -0.2) is 9.18 Å². The number of carbonyl (C=O) groups is 1. The Hall–Kier alpha value is -3.22. The molecule has 128 valence electrons. The molecule has 0 aliphatic heterocycles. The molecule has 3 rings (SSSR count). The molecule has 0 spiro atoms. The van der Waals surface area contributed by atoms with Crippen molar-refractivity contribution in [2.45, 2.75) is 19.6 Å². The molecule has 1 aromatic heterocycles. The van der Waals surface area contributed by atoms with E-state index in [1.165, 1.54) is 31.2 Å². The van der Waals surface area contributed by atoms with Crippen LogP contribution in [0.25, 0.3) is 11.5 Å². The third-order valence-electron chi connectivity index (χ3n) is 3.28. The monoisotopic (exact) mass is 342 g/mol. The van der Waals surface area contributed by atoms with Crippen LogP contribution in [0.1, 0.15) is 12.8 Å². The third kappa shape index (κ3) is 4.41. The zero-order valence-corrected chi connectivity index (χ0v) is 13.4. The largest absolute Gasteiger partial charge is 0.479 e. The zero-order chi connectivity index (χ0) is 17.6. The average Bonchev–Trinajstić information content (AvgIpc) is 3.11. The molecule has 6 nitrogen and oxygen atoms in total. The van der Waals surface area contributed by atoms with Crippen molar-refractivity contribution in [1.29, 1.82) is 0 Å². The quantitative estimate of drug-likeness (QED) is 0.639. The van der Waals surface area contributed by atoms with E-state index in [0.29, 0.717) is 11.6 Å². The summed E-state index contributed by atoms with van der Waals surface area (Å²) in [5, 5.41) is 7.75. The summed E-state index contributed by atoms with van der Waals surface area (Å²) in [7, 11) is 0. The Morgan fingerprint density at radius 3 is 2.56 bits per heavy atom. The molecule has 0 fully saturated rings. The van der Waals surface area contributed by atoms with Crippen molar-refractivity contribution in [3.8, 4) is 17.2 Å². The molecular weight excluding hydrogens is 327 g/mol. The van der Waals surface area contributed by atoms with E-state index in [1.807, 2.05) is 30.3 Å². The number of nitrogens with zero attached hydrogens (tertiary/aromatic N) is 2. The second-order valence-corrected chi connectivity index (χ2v) is 5.19. The maximum Gasteiger partial charge on any atom is 0.347 e. The zero-order valence-electron chi connectivity index (χ0n) is 13.4. The van der Waals surface area contributed by atoms with E-state index < -0.39 is 12.1 Å². The summed E-state index contributed by atoms with van der Waals surface area (Å²) in [6.07, 6.45) is -0.859. The Kier molecular flexibility index (Phi) is 5.03. The highest BCUT2D eigenvalue weighted by Crippen LogP contribution is 2.18. The molecule has 0 aliphatic carbocycles. The van der Waals surface area contributed by atoms with Gasteiger partial charge in [0.25, 0.3) is 5.89 Å². The maximum absolute atomic E-state index is 12.8. The van der Waals surface area contributed by atoms with Crippen LogP contribution in [-0.4, -0.2) is 22.3 Å². The summed E-state index contributed by atoms with van der Waals surface area (Å²) in [4.78, 5) is 12.0. The average molecular weight is 342 g/mol. The van der Waals surface area contributed by atoms with E-state index in [1.54, 1.807) is 0 Å². The number of ether oxygens (including phenoxy) is 2. The number of benzene rings is 2. The molecule has 0 radical (unpaired) electrons. The van der Waals surface area contributed by atoms with Crippen molar-refractivity contribution < 1.29 is 23.1 Å². The summed E-state index contributed by atoms with van der Waals surface area (Å²) in [6.45, 7) is 1.38. The second-order valence-electron chi connectivity index (χ2n) is 5.19. The lowest BCUT2D eigenvalue weighted by Gasteiger charge is -2.13. The van der Waals surface area contributed by atoms with Gasteiger partial charge in [0.05, 0.1) is 0 Å². The van der Waals surface area contributed by atoms with Crippen LogP contribution in [-0.2, 0) is 16.1 Å². The van der Waals surface area contributed by atoms with Gasteiger partial charge in [0.15, 0.2) is 12.7 Å². The Morgan fingerprint density at radius 2 is 1.84 bits per heavy atom. The molecule has 2 aromatic carbocycles. The normalized spacial score (nSPS) is 11.8. The van der Waals surface area contributed by atoms with Crippen LogP contribution >= 0.6 is 0 Å². The van der Waals surface area contributed by atoms with Crippen LogP contribution < -0.4 is 4.74 Å². The van der Waals surface area contributed by atoms with E-state index in [0.717, 1.165) is 5.56 Å². The van der Waals surface area contributed by atoms with Gasteiger partial charge in [-0.15, -0.1) is 10.2 Å². The fourth-order valence-corrected chi connectivity index (χ4v) is 2.02. The van der Waals surface area contributed by atoms with Crippen molar-refractivity contribution in [3.63, 3.8) is 0 Å². The molecule has 1 heterocycles. The standard InChI is InChI=1S/C18H15FN2O4/c1-12(24-15-9-7-14(19)8-10-15)18(22)23-11-16-20-21-17(25-16)13-5-3-2-4-6-13/h2-10,12H,11H2,1H3/t12-/m1/s1. The highest BCUT2D eigenvalue weighted by atomic mass is 19.1. The SMILES string of the molecule is C[C@@H](Oc1ccc(F)cc1)C(=O)OCc1nnc(-c2ccccc2)o1. The number of carbonyl (C=O) groups excluding carboxylic acids is 1. The number of halogens is 1. The minimum atomic E-state index is -0.859. The van der Waals surface area contributed by atoms with Crippen LogP contribution in [0.15, 0.2) is 59.0 Å². The molecule has 25 heavy (non-hydrogen) atoms. The minimum absolute atomic E-state index is 0.157. The summed E-state index contributed by atoms with van der Waals surface area (Å²) < 4.78 is 28.8. The van der Waals surface area contributed by atoms with Crippen molar-refractivity contribution >= 4 is 5.97 Å². The molecule has 0 N–H and O–H groups in total. The van der Waals surface area contributed by atoms with E-state index in [9.17, 15) is 9.18 Å². The van der Waals surface area contributed by atoms with E-state index in [2.05, 4.69) is 10.2 Å². The predicted octanol–water partition coefficient (Wildman–Crippen LogP) is 3.39. The van der Waals surface area contributed by atoms with Gasteiger partial charge in [-0.05, 0) is 43.3 Å². The molecule has 3 aromatic rings. The molecule has 0 aliphatic rings. The summed E-state index contributed by atoms with van der Waals surface area (Å²) in [5.41, 5.74) is 0.778. The van der Waals surface area contributed by atoms with Crippen molar-refractivity contribution in [3.05, 3.63) is 66.3 Å². The first-order chi connectivity index (χ1) is 12.1. The number of esters is 1. The smallest absolute Gasteiger partial charge is 0.347 e. The Labute approximate surface area is 143 Å². The number of hydrogen-bond acceptors (Lipinski definition) is 6. The fraction of sp³-hybridized carbons (Fsp3) is 0.167. The number of hydrogen-bond donors (Lipinski definition) is 0. The molecule has 0 saturated carbocycles. The first-order valence-electron chi connectivity index (χ1n) is 7.58. The Bertz CT molecular complexity index is 834. The van der Waals surface area contributed by atoms with Gasteiger partial charge in [0.1, 0.15) is 11.6 Å². The lowest BCUT2D eigenvalue weighted by Crippen LogP contribution is -2.26. The first kappa shape index (κ1) is 16.6. The van der Waals surface area contributed by atoms with Crippen molar-refractivity contribution in [2.75, 3.05) is 0 Å². The van der Waals surface area contributed by atoms with Crippen LogP contribution in [0.5, 0.6) is 5.75 Å². The molecule has 7 heteroatoms. The molecule has 1 atom stereocenters. The molecule has 0 bridgehead atoms. The van der Waals surface area contributed by atoms with Crippen LogP contribution in [0.4, 0.5) is 4.39 Å². The minimum Gasteiger partial charge on any atom is -0.479 e. The van der Waals surface area contributed by atoms with Gasteiger partial charge in [0, 0.05) is 5.56 Å². The lowest BCUT2D eigenvalue weighted by molar-refractivity contribution is -0.153. The highest BCUT2D eigenvalue weighted by Gasteiger charge is 2.18. The van der Waals surface area contributed by atoms with Crippen LogP contribution in [0.3, 0.4) is 0 Å². The Morgan fingerprint density at radius 1 is 1.12 bits per heavy atom. The van der Waals surface area contributed by atoms with Crippen LogP contribution in [0.2, 0.25) is 0 Å².